The fraction of sp³-hybridized carbons (Fsp3) is 0.588. The molecule has 0 bridgehead atoms. The number of nitrogens with zero attached hydrogens (tertiary/aromatic N) is 5. The SMILES string of the molecule is CN=C(NCc1c(C)nn(C)c1C)NCc1nccn1CC(C)C. The number of imidazole rings is 1. The zero-order valence-electron chi connectivity index (χ0n) is 15.6. The summed E-state index contributed by atoms with van der Waals surface area (Å²) in [6.45, 7) is 10.8. The average molecular weight is 331 g/mol. The Balaban J connectivity index is 1.93. The lowest BCUT2D eigenvalue weighted by Crippen LogP contribution is -2.37. The van der Waals surface area contributed by atoms with E-state index in [2.05, 4.69) is 51.0 Å². The van der Waals surface area contributed by atoms with E-state index in [0.717, 1.165) is 24.0 Å². The van der Waals surface area contributed by atoms with Crippen molar-refractivity contribution in [1.29, 1.82) is 0 Å². The number of rotatable bonds is 6. The molecule has 0 aliphatic carbocycles. The van der Waals surface area contributed by atoms with E-state index in [-0.39, 0.29) is 0 Å². The summed E-state index contributed by atoms with van der Waals surface area (Å²) in [5, 5.41) is 11.1. The van der Waals surface area contributed by atoms with Crippen LogP contribution in [0.15, 0.2) is 17.4 Å². The standard InChI is InChI=1S/C17H29N7/c1-12(2)11-24-8-7-19-16(24)10-21-17(18-5)20-9-15-13(3)22-23(6)14(15)4/h7-8,12H,9-11H2,1-6H3,(H2,18,20,21). The van der Waals surface area contributed by atoms with Gasteiger partial charge in [-0.25, -0.2) is 4.98 Å². The molecule has 0 aromatic carbocycles. The quantitative estimate of drug-likeness (QED) is 0.625. The minimum absolute atomic E-state index is 0.590. The van der Waals surface area contributed by atoms with Crippen molar-refractivity contribution < 1.29 is 0 Å². The Kier molecular flexibility index (Phi) is 6.00. The van der Waals surface area contributed by atoms with Gasteiger partial charge in [0.2, 0.25) is 0 Å². The summed E-state index contributed by atoms with van der Waals surface area (Å²) in [6.07, 6.45) is 3.87. The highest BCUT2D eigenvalue weighted by atomic mass is 15.3. The molecule has 2 N–H and O–H groups in total. The molecular formula is C17H29N7. The Bertz CT molecular complexity index is 694. The number of nitrogens with one attached hydrogen (secondary N) is 2. The van der Waals surface area contributed by atoms with Gasteiger partial charge in [-0.3, -0.25) is 9.67 Å². The van der Waals surface area contributed by atoms with Gasteiger partial charge in [0.15, 0.2) is 5.96 Å². The van der Waals surface area contributed by atoms with E-state index in [0.29, 0.717) is 19.0 Å². The Labute approximate surface area is 144 Å². The van der Waals surface area contributed by atoms with Gasteiger partial charge in [-0.15, -0.1) is 0 Å². The lowest BCUT2D eigenvalue weighted by molar-refractivity contribution is 0.503. The molecule has 0 spiro atoms. The maximum Gasteiger partial charge on any atom is 0.191 e. The molecule has 0 aliphatic rings. The van der Waals surface area contributed by atoms with E-state index in [9.17, 15) is 0 Å². The summed E-state index contributed by atoms with van der Waals surface area (Å²) in [6, 6.07) is 0. The van der Waals surface area contributed by atoms with Crippen molar-refractivity contribution in [3.05, 3.63) is 35.2 Å². The average Bonchev–Trinajstić information content (AvgIpc) is 3.05. The predicted molar refractivity (Wildman–Crippen MR) is 96.8 cm³/mol. The van der Waals surface area contributed by atoms with Crippen LogP contribution in [0.5, 0.6) is 0 Å². The van der Waals surface area contributed by atoms with Crippen LogP contribution in [0.2, 0.25) is 0 Å². The second-order valence-corrected chi connectivity index (χ2v) is 6.44. The fourth-order valence-corrected chi connectivity index (χ4v) is 2.70. The maximum atomic E-state index is 4.44. The van der Waals surface area contributed by atoms with E-state index in [1.54, 1.807) is 7.05 Å². The summed E-state index contributed by atoms with van der Waals surface area (Å²) in [5.74, 6) is 2.36. The zero-order valence-corrected chi connectivity index (χ0v) is 15.6. The summed E-state index contributed by atoms with van der Waals surface area (Å²) in [4.78, 5) is 8.72. The van der Waals surface area contributed by atoms with E-state index in [1.807, 2.05) is 31.0 Å². The van der Waals surface area contributed by atoms with Crippen LogP contribution in [-0.4, -0.2) is 32.3 Å². The van der Waals surface area contributed by atoms with Crippen LogP contribution in [0.4, 0.5) is 0 Å². The number of hydrogen-bond donors (Lipinski definition) is 2. The van der Waals surface area contributed by atoms with Crippen LogP contribution in [0, 0.1) is 19.8 Å². The van der Waals surface area contributed by atoms with Gasteiger partial charge >= 0.3 is 0 Å². The molecule has 0 saturated heterocycles. The molecule has 7 heteroatoms. The second kappa shape index (κ2) is 7.99. The van der Waals surface area contributed by atoms with Crippen LogP contribution in [0.1, 0.15) is 36.6 Å². The number of guanidine groups is 1. The first-order valence-corrected chi connectivity index (χ1v) is 8.36. The monoisotopic (exact) mass is 331 g/mol. The van der Waals surface area contributed by atoms with Gasteiger partial charge in [0.25, 0.3) is 0 Å². The largest absolute Gasteiger partial charge is 0.352 e. The molecule has 0 radical (unpaired) electrons. The Morgan fingerprint density at radius 1 is 1.25 bits per heavy atom. The smallest absolute Gasteiger partial charge is 0.191 e. The van der Waals surface area contributed by atoms with Crippen molar-refractivity contribution >= 4 is 5.96 Å². The fourth-order valence-electron chi connectivity index (χ4n) is 2.70. The van der Waals surface area contributed by atoms with Crippen LogP contribution in [0.3, 0.4) is 0 Å². The highest BCUT2D eigenvalue weighted by molar-refractivity contribution is 5.79. The minimum atomic E-state index is 0.590. The molecule has 0 unspecified atom stereocenters. The van der Waals surface area contributed by atoms with E-state index < -0.39 is 0 Å². The molecular weight excluding hydrogens is 302 g/mol. The highest BCUT2D eigenvalue weighted by Gasteiger charge is 2.10. The van der Waals surface area contributed by atoms with Gasteiger partial charge in [0, 0.05) is 50.8 Å². The first-order chi connectivity index (χ1) is 11.4. The lowest BCUT2D eigenvalue weighted by atomic mass is 10.2. The van der Waals surface area contributed by atoms with Gasteiger partial charge in [0.05, 0.1) is 12.2 Å². The van der Waals surface area contributed by atoms with Crippen LogP contribution in [-0.2, 0) is 26.7 Å². The molecule has 0 saturated carbocycles. The van der Waals surface area contributed by atoms with Crippen molar-refractivity contribution in [2.45, 2.75) is 47.3 Å². The zero-order chi connectivity index (χ0) is 17.7. The first-order valence-electron chi connectivity index (χ1n) is 8.36. The van der Waals surface area contributed by atoms with Crippen LogP contribution < -0.4 is 10.6 Å². The van der Waals surface area contributed by atoms with Crippen molar-refractivity contribution in [1.82, 2.24) is 30.0 Å². The summed E-state index contributed by atoms with van der Waals surface area (Å²) < 4.78 is 4.09. The molecule has 0 fully saturated rings. The molecule has 2 aromatic heterocycles. The molecule has 7 nitrogen and oxygen atoms in total. The van der Waals surface area contributed by atoms with E-state index in [4.69, 9.17) is 0 Å². The maximum absolute atomic E-state index is 4.44. The third kappa shape index (κ3) is 4.37. The Morgan fingerprint density at radius 3 is 2.54 bits per heavy atom. The molecule has 2 heterocycles. The Hall–Kier alpha value is -2.31. The lowest BCUT2D eigenvalue weighted by Gasteiger charge is -2.14. The molecule has 2 rings (SSSR count). The predicted octanol–water partition coefficient (Wildman–Crippen LogP) is 1.75. The van der Waals surface area contributed by atoms with Crippen molar-refractivity contribution in [3.8, 4) is 0 Å². The summed E-state index contributed by atoms with van der Waals surface area (Å²) in [5.41, 5.74) is 3.43. The third-order valence-corrected chi connectivity index (χ3v) is 4.09. The minimum Gasteiger partial charge on any atom is -0.352 e. The van der Waals surface area contributed by atoms with Gasteiger partial charge in [-0.05, 0) is 19.8 Å². The van der Waals surface area contributed by atoms with E-state index >= 15 is 0 Å². The molecule has 24 heavy (non-hydrogen) atoms. The number of aryl methyl sites for hydroxylation is 2. The van der Waals surface area contributed by atoms with Gasteiger partial charge in [0.1, 0.15) is 5.82 Å². The molecule has 0 aliphatic heterocycles. The molecule has 0 atom stereocenters. The second-order valence-electron chi connectivity index (χ2n) is 6.44. The van der Waals surface area contributed by atoms with Gasteiger partial charge in [-0.2, -0.15) is 5.10 Å². The van der Waals surface area contributed by atoms with Gasteiger partial charge in [-0.1, -0.05) is 13.8 Å². The third-order valence-electron chi connectivity index (χ3n) is 4.09. The highest BCUT2D eigenvalue weighted by Crippen LogP contribution is 2.11. The number of hydrogen-bond acceptors (Lipinski definition) is 3. The van der Waals surface area contributed by atoms with Crippen LogP contribution in [0.25, 0.3) is 0 Å². The van der Waals surface area contributed by atoms with Crippen molar-refractivity contribution in [2.24, 2.45) is 18.0 Å². The van der Waals surface area contributed by atoms with Gasteiger partial charge < -0.3 is 15.2 Å². The normalized spacial score (nSPS) is 12.0. The topological polar surface area (TPSA) is 72.1 Å². The molecule has 0 amide bonds. The summed E-state index contributed by atoms with van der Waals surface area (Å²) >= 11 is 0. The molecule has 132 valence electrons. The van der Waals surface area contributed by atoms with Crippen molar-refractivity contribution in [2.75, 3.05) is 7.05 Å². The Morgan fingerprint density at radius 2 is 1.96 bits per heavy atom. The number of aliphatic imine (C=N–C) groups is 1. The van der Waals surface area contributed by atoms with Crippen LogP contribution >= 0.6 is 0 Å². The summed E-state index contributed by atoms with van der Waals surface area (Å²) in [7, 11) is 3.74. The van der Waals surface area contributed by atoms with E-state index in [1.165, 1.54) is 11.3 Å². The number of aromatic nitrogens is 4. The molecule has 2 aromatic rings. The first kappa shape index (κ1) is 18.0. The van der Waals surface area contributed by atoms with Crippen molar-refractivity contribution in [3.63, 3.8) is 0 Å².